The molecule has 25 heavy (non-hydrogen) atoms. The Hall–Kier alpha value is -2.53. The number of halogens is 1. The van der Waals surface area contributed by atoms with Crippen molar-refractivity contribution in [3.8, 4) is 5.75 Å². The van der Waals surface area contributed by atoms with Crippen LogP contribution in [0.3, 0.4) is 0 Å². The number of carboxylic acids is 1. The molecular weight excluding hydrogens is 340 g/mol. The number of anilines is 1. The number of carboxylic acid groups (broad SMARTS) is 1. The zero-order valence-electron chi connectivity index (χ0n) is 14.2. The van der Waals surface area contributed by atoms with Gasteiger partial charge in [-0.25, -0.2) is 9.78 Å². The number of rotatable bonds is 5. The zero-order chi connectivity index (χ0) is 18.1. The number of aromatic nitrogens is 1. The average molecular weight is 359 g/mol. The van der Waals surface area contributed by atoms with Crippen LogP contribution in [0.5, 0.6) is 5.75 Å². The van der Waals surface area contributed by atoms with Gasteiger partial charge in [-0.2, -0.15) is 0 Å². The van der Waals surface area contributed by atoms with Crippen LogP contribution in [0.15, 0.2) is 36.4 Å². The number of carbonyl (C=O) groups is 1. The van der Waals surface area contributed by atoms with E-state index in [0.717, 1.165) is 22.0 Å². The van der Waals surface area contributed by atoms with E-state index in [1.807, 2.05) is 38.1 Å². The molecule has 130 valence electrons. The van der Waals surface area contributed by atoms with E-state index in [-0.39, 0.29) is 5.92 Å². The fourth-order valence-corrected chi connectivity index (χ4v) is 3.01. The number of benzene rings is 2. The summed E-state index contributed by atoms with van der Waals surface area (Å²) in [6.45, 7) is 3.74. The number of pyridine rings is 1. The molecule has 3 aromatic rings. The fraction of sp³-hybridized carbons (Fsp3) is 0.263. The highest BCUT2D eigenvalue weighted by molar-refractivity contribution is 6.31. The van der Waals surface area contributed by atoms with Crippen molar-refractivity contribution in [2.75, 3.05) is 12.4 Å². The third-order valence-electron chi connectivity index (χ3n) is 4.18. The van der Waals surface area contributed by atoms with Gasteiger partial charge in [0.05, 0.1) is 23.8 Å². The molecule has 2 aromatic carbocycles. The van der Waals surface area contributed by atoms with E-state index in [9.17, 15) is 9.90 Å². The molecule has 6 heteroatoms. The second-order valence-corrected chi connectivity index (χ2v) is 6.67. The first kappa shape index (κ1) is 17.3. The highest BCUT2D eigenvalue weighted by Crippen LogP contribution is 2.35. The Balaban J connectivity index is 2.31. The summed E-state index contributed by atoms with van der Waals surface area (Å²) < 4.78 is 5.32. The summed E-state index contributed by atoms with van der Waals surface area (Å²) in [5.74, 6) is -0.305. The minimum atomic E-state index is -0.898. The van der Waals surface area contributed by atoms with E-state index in [4.69, 9.17) is 16.3 Å². The van der Waals surface area contributed by atoms with E-state index >= 15 is 0 Å². The summed E-state index contributed by atoms with van der Waals surface area (Å²) in [5, 5.41) is 15.0. The first-order valence-corrected chi connectivity index (χ1v) is 8.35. The lowest BCUT2D eigenvalue weighted by molar-refractivity contribution is -0.138. The third-order valence-corrected chi connectivity index (χ3v) is 4.41. The Labute approximate surface area is 150 Å². The summed E-state index contributed by atoms with van der Waals surface area (Å²) in [6.07, 6.45) is 0. The molecule has 0 saturated heterocycles. The van der Waals surface area contributed by atoms with Crippen molar-refractivity contribution in [1.29, 1.82) is 0 Å². The van der Waals surface area contributed by atoms with Gasteiger partial charge in [0.25, 0.3) is 0 Å². The molecule has 0 bridgehead atoms. The van der Waals surface area contributed by atoms with E-state index < -0.39 is 12.0 Å². The number of aliphatic carboxylic acids is 1. The van der Waals surface area contributed by atoms with Crippen LogP contribution in [0.2, 0.25) is 5.02 Å². The molecule has 0 aliphatic rings. The number of hydrogen-bond acceptors (Lipinski definition) is 4. The van der Waals surface area contributed by atoms with Crippen LogP contribution in [-0.4, -0.2) is 29.2 Å². The van der Waals surface area contributed by atoms with Crippen LogP contribution < -0.4 is 10.1 Å². The highest BCUT2D eigenvalue weighted by atomic mass is 35.5. The Morgan fingerprint density at radius 2 is 1.92 bits per heavy atom. The number of ether oxygens (including phenoxy) is 1. The maximum atomic E-state index is 11.7. The molecule has 0 unspecified atom stereocenters. The summed E-state index contributed by atoms with van der Waals surface area (Å²) in [7, 11) is 1.59. The van der Waals surface area contributed by atoms with Crippen molar-refractivity contribution in [1.82, 2.24) is 4.98 Å². The molecular formula is C19H19ClN2O3. The third kappa shape index (κ3) is 3.33. The van der Waals surface area contributed by atoms with Gasteiger partial charge in [0.15, 0.2) is 0 Å². The van der Waals surface area contributed by atoms with Crippen LogP contribution in [0.4, 0.5) is 5.69 Å². The quantitative estimate of drug-likeness (QED) is 0.653. The van der Waals surface area contributed by atoms with Gasteiger partial charge in [0.2, 0.25) is 0 Å². The lowest BCUT2D eigenvalue weighted by atomic mass is 10.0. The van der Waals surface area contributed by atoms with E-state index in [1.54, 1.807) is 19.2 Å². The van der Waals surface area contributed by atoms with Crippen molar-refractivity contribution in [2.45, 2.75) is 19.9 Å². The number of nitrogens with zero attached hydrogens (tertiary/aromatic N) is 1. The van der Waals surface area contributed by atoms with Crippen molar-refractivity contribution in [2.24, 2.45) is 5.92 Å². The number of hydrogen-bond donors (Lipinski definition) is 2. The highest BCUT2D eigenvalue weighted by Gasteiger charge is 2.23. The molecule has 1 atom stereocenters. The van der Waals surface area contributed by atoms with Gasteiger partial charge in [0.1, 0.15) is 11.8 Å². The summed E-state index contributed by atoms with van der Waals surface area (Å²) >= 11 is 6.10. The summed E-state index contributed by atoms with van der Waals surface area (Å²) in [4.78, 5) is 16.3. The Morgan fingerprint density at radius 3 is 2.56 bits per heavy atom. The maximum absolute atomic E-state index is 11.7. The van der Waals surface area contributed by atoms with E-state index in [2.05, 4.69) is 10.3 Å². The Kier molecular flexibility index (Phi) is 4.68. The van der Waals surface area contributed by atoms with Crippen LogP contribution in [0.25, 0.3) is 21.8 Å². The van der Waals surface area contributed by atoms with E-state index in [1.165, 1.54) is 0 Å². The van der Waals surface area contributed by atoms with Gasteiger partial charge in [-0.15, -0.1) is 0 Å². The molecule has 2 N–H and O–H groups in total. The normalized spacial score (nSPS) is 12.5. The Bertz CT molecular complexity index is 956. The van der Waals surface area contributed by atoms with Crippen molar-refractivity contribution in [3.63, 3.8) is 0 Å². The molecule has 1 aromatic heterocycles. The molecule has 0 fully saturated rings. The molecule has 0 radical (unpaired) electrons. The van der Waals surface area contributed by atoms with Crippen molar-refractivity contribution in [3.05, 3.63) is 41.4 Å². The van der Waals surface area contributed by atoms with Gasteiger partial charge in [-0.05, 0) is 42.3 Å². The molecule has 0 amide bonds. The minimum Gasteiger partial charge on any atom is -0.497 e. The molecule has 0 aliphatic carbocycles. The zero-order valence-corrected chi connectivity index (χ0v) is 15.0. The number of methoxy groups -OCH3 is 1. The predicted octanol–water partition coefficient (Wildman–Crippen LogP) is 4.57. The largest absolute Gasteiger partial charge is 0.497 e. The SMILES string of the molecule is COc1ccc2nc3cc(Cl)ccc3c(N[C@H](C(=O)O)C(C)C)c2c1. The standard InChI is InChI=1S/C19H19ClN2O3/c1-10(2)17(19(23)24)22-18-13-6-4-11(20)8-16(13)21-15-7-5-12(25-3)9-14(15)18/h4-10,17H,1-3H3,(H,21,22)(H,23,24)/t17-/m0/s1. The number of fused-ring (bicyclic) bond motifs is 2. The average Bonchev–Trinajstić information content (AvgIpc) is 2.57. The second kappa shape index (κ2) is 6.76. The molecule has 0 spiro atoms. The van der Waals surface area contributed by atoms with Crippen LogP contribution in [-0.2, 0) is 4.79 Å². The molecule has 5 nitrogen and oxygen atoms in total. The van der Waals surface area contributed by atoms with Gasteiger partial charge in [-0.1, -0.05) is 25.4 Å². The minimum absolute atomic E-state index is 0.0892. The van der Waals surface area contributed by atoms with Crippen LogP contribution in [0.1, 0.15) is 13.8 Å². The lowest BCUT2D eigenvalue weighted by Crippen LogP contribution is -2.34. The smallest absolute Gasteiger partial charge is 0.326 e. The summed E-state index contributed by atoms with van der Waals surface area (Å²) in [5.41, 5.74) is 2.17. The van der Waals surface area contributed by atoms with Gasteiger partial charge in [0, 0.05) is 15.8 Å². The van der Waals surface area contributed by atoms with E-state index in [0.29, 0.717) is 16.3 Å². The lowest BCUT2D eigenvalue weighted by Gasteiger charge is -2.22. The van der Waals surface area contributed by atoms with Crippen molar-refractivity contribution >= 4 is 45.1 Å². The maximum Gasteiger partial charge on any atom is 0.326 e. The Morgan fingerprint density at radius 1 is 1.16 bits per heavy atom. The van der Waals surface area contributed by atoms with Crippen LogP contribution in [0, 0.1) is 5.92 Å². The first-order valence-electron chi connectivity index (χ1n) is 7.97. The topological polar surface area (TPSA) is 71.5 Å². The first-order chi connectivity index (χ1) is 11.9. The summed E-state index contributed by atoms with van der Waals surface area (Å²) in [6, 6.07) is 10.2. The van der Waals surface area contributed by atoms with Gasteiger partial charge >= 0.3 is 5.97 Å². The second-order valence-electron chi connectivity index (χ2n) is 6.24. The van der Waals surface area contributed by atoms with Gasteiger partial charge < -0.3 is 15.2 Å². The predicted molar refractivity (Wildman–Crippen MR) is 101 cm³/mol. The van der Waals surface area contributed by atoms with Gasteiger partial charge in [-0.3, -0.25) is 0 Å². The number of nitrogens with one attached hydrogen (secondary N) is 1. The molecule has 0 saturated carbocycles. The molecule has 3 rings (SSSR count). The molecule has 0 aliphatic heterocycles. The molecule has 1 heterocycles. The fourth-order valence-electron chi connectivity index (χ4n) is 2.85. The van der Waals surface area contributed by atoms with Crippen LogP contribution >= 0.6 is 11.6 Å². The monoisotopic (exact) mass is 358 g/mol. The van der Waals surface area contributed by atoms with Crippen molar-refractivity contribution < 1.29 is 14.6 Å².